The van der Waals surface area contributed by atoms with Crippen molar-refractivity contribution in [3.8, 4) is 17.6 Å². The molecule has 0 heterocycles. The molecule has 0 aromatic heterocycles. The number of ether oxygens (including phenoxy) is 1. The SMILES string of the molecule is CCCC(N)C#Cc1ccc(OC)c(F)c1. The Balaban J connectivity index is 2.78. The van der Waals surface area contributed by atoms with Crippen LogP contribution < -0.4 is 10.5 Å². The summed E-state index contributed by atoms with van der Waals surface area (Å²) in [7, 11) is 1.43. The van der Waals surface area contributed by atoms with E-state index in [0.29, 0.717) is 5.56 Å². The molecule has 0 saturated heterocycles. The number of halogens is 1. The molecule has 16 heavy (non-hydrogen) atoms. The van der Waals surface area contributed by atoms with Crippen molar-refractivity contribution in [1.82, 2.24) is 0 Å². The molecule has 1 atom stereocenters. The van der Waals surface area contributed by atoms with Crippen LogP contribution in [0.4, 0.5) is 4.39 Å². The number of methoxy groups -OCH3 is 1. The van der Waals surface area contributed by atoms with Crippen molar-refractivity contribution < 1.29 is 9.13 Å². The van der Waals surface area contributed by atoms with Gasteiger partial charge in [-0.2, -0.15) is 0 Å². The third-order valence-electron chi connectivity index (χ3n) is 2.15. The second-order valence-corrected chi connectivity index (χ2v) is 3.51. The normalized spacial score (nSPS) is 11.5. The molecule has 2 nitrogen and oxygen atoms in total. The van der Waals surface area contributed by atoms with Crippen molar-refractivity contribution in [3.05, 3.63) is 29.6 Å². The molecular formula is C13H16FNO. The molecular weight excluding hydrogens is 205 g/mol. The predicted octanol–water partition coefficient (Wildman–Crippen LogP) is 2.31. The molecule has 0 aliphatic carbocycles. The van der Waals surface area contributed by atoms with Crippen LogP contribution >= 0.6 is 0 Å². The minimum Gasteiger partial charge on any atom is -0.494 e. The first-order valence-corrected chi connectivity index (χ1v) is 5.28. The molecule has 1 rings (SSSR count). The number of nitrogens with two attached hydrogens (primary N) is 1. The molecule has 0 aliphatic rings. The Bertz CT molecular complexity index is 406. The van der Waals surface area contributed by atoms with Gasteiger partial charge in [-0.3, -0.25) is 0 Å². The molecule has 0 saturated carbocycles. The summed E-state index contributed by atoms with van der Waals surface area (Å²) in [5.41, 5.74) is 6.35. The molecule has 0 fully saturated rings. The standard InChI is InChI=1S/C13H16FNO/c1-3-4-11(15)7-5-10-6-8-13(16-2)12(14)9-10/h6,8-9,11H,3-4,15H2,1-2H3. The van der Waals surface area contributed by atoms with Gasteiger partial charge in [-0.15, -0.1) is 0 Å². The summed E-state index contributed by atoms with van der Waals surface area (Å²) in [6.07, 6.45) is 1.85. The molecule has 0 amide bonds. The highest BCUT2D eigenvalue weighted by Crippen LogP contribution is 2.16. The number of benzene rings is 1. The average molecular weight is 221 g/mol. The maximum Gasteiger partial charge on any atom is 0.166 e. The Hall–Kier alpha value is -1.53. The molecule has 0 aliphatic heterocycles. The van der Waals surface area contributed by atoms with E-state index in [0.717, 1.165) is 12.8 Å². The van der Waals surface area contributed by atoms with E-state index < -0.39 is 5.82 Å². The molecule has 1 unspecified atom stereocenters. The summed E-state index contributed by atoms with van der Waals surface area (Å²) in [4.78, 5) is 0. The van der Waals surface area contributed by atoms with Crippen LogP contribution in [-0.2, 0) is 0 Å². The minimum atomic E-state index is -0.404. The molecule has 2 N–H and O–H groups in total. The number of hydrogen-bond acceptors (Lipinski definition) is 2. The first kappa shape index (κ1) is 12.5. The summed E-state index contributed by atoms with van der Waals surface area (Å²) in [5.74, 6) is 5.56. The summed E-state index contributed by atoms with van der Waals surface area (Å²) < 4.78 is 18.1. The Labute approximate surface area is 95.6 Å². The molecule has 0 bridgehead atoms. The van der Waals surface area contributed by atoms with Gasteiger partial charge in [0.25, 0.3) is 0 Å². The zero-order chi connectivity index (χ0) is 12.0. The highest BCUT2D eigenvalue weighted by atomic mass is 19.1. The highest BCUT2D eigenvalue weighted by Gasteiger charge is 2.01. The van der Waals surface area contributed by atoms with E-state index in [-0.39, 0.29) is 11.8 Å². The smallest absolute Gasteiger partial charge is 0.166 e. The molecule has 1 aromatic rings. The van der Waals surface area contributed by atoms with Crippen molar-refractivity contribution in [2.75, 3.05) is 7.11 Å². The van der Waals surface area contributed by atoms with Crippen LogP contribution in [0.15, 0.2) is 18.2 Å². The van der Waals surface area contributed by atoms with Crippen LogP contribution in [0.5, 0.6) is 5.75 Å². The van der Waals surface area contributed by atoms with Crippen molar-refractivity contribution in [2.24, 2.45) is 5.73 Å². The van der Waals surface area contributed by atoms with Crippen molar-refractivity contribution in [2.45, 2.75) is 25.8 Å². The Kier molecular flexibility index (Phi) is 4.81. The lowest BCUT2D eigenvalue weighted by Crippen LogP contribution is -2.16. The fourth-order valence-electron chi connectivity index (χ4n) is 1.30. The lowest BCUT2D eigenvalue weighted by molar-refractivity contribution is 0.386. The average Bonchev–Trinajstić information content (AvgIpc) is 2.27. The predicted molar refractivity (Wildman–Crippen MR) is 62.7 cm³/mol. The van der Waals surface area contributed by atoms with Gasteiger partial charge < -0.3 is 10.5 Å². The third kappa shape index (κ3) is 3.56. The van der Waals surface area contributed by atoms with Crippen molar-refractivity contribution in [3.63, 3.8) is 0 Å². The highest BCUT2D eigenvalue weighted by molar-refractivity contribution is 5.39. The lowest BCUT2D eigenvalue weighted by Gasteiger charge is -2.01. The third-order valence-corrected chi connectivity index (χ3v) is 2.15. The fourth-order valence-corrected chi connectivity index (χ4v) is 1.30. The van der Waals surface area contributed by atoms with E-state index in [4.69, 9.17) is 10.5 Å². The summed E-state index contributed by atoms with van der Waals surface area (Å²) >= 11 is 0. The van der Waals surface area contributed by atoms with Crippen LogP contribution in [-0.4, -0.2) is 13.2 Å². The molecule has 3 heteroatoms. The van der Waals surface area contributed by atoms with Crippen LogP contribution in [0.25, 0.3) is 0 Å². The first-order chi connectivity index (χ1) is 7.67. The Morgan fingerprint density at radius 2 is 2.25 bits per heavy atom. The van der Waals surface area contributed by atoms with Crippen molar-refractivity contribution >= 4 is 0 Å². The quantitative estimate of drug-likeness (QED) is 0.795. The van der Waals surface area contributed by atoms with Gasteiger partial charge in [-0.1, -0.05) is 25.2 Å². The van der Waals surface area contributed by atoms with Crippen LogP contribution in [0.1, 0.15) is 25.3 Å². The van der Waals surface area contributed by atoms with E-state index in [2.05, 4.69) is 18.8 Å². The second kappa shape index (κ2) is 6.14. The molecule has 86 valence electrons. The molecule has 0 spiro atoms. The van der Waals surface area contributed by atoms with E-state index in [9.17, 15) is 4.39 Å². The first-order valence-electron chi connectivity index (χ1n) is 5.28. The Morgan fingerprint density at radius 1 is 1.50 bits per heavy atom. The monoisotopic (exact) mass is 221 g/mol. The van der Waals surface area contributed by atoms with Gasteiger partial charge in [-0.25, -0.2) is 4.39 Å². The number of hydrogen-bond donors (Lipinski definition) is 1. The topological polar surface area (TPSA) is 35.2 Å². The van der Waals surface area contributed by atoms with Gasteiger partial charge >= 0.3 is 0 Å². The van der Waals surface area contributed by atoms with E-state index in [1.165, 1.54) is 13.2 Å². The van der Waals surface area contributed by atoms with Gasteiger partial charge in [0.2, 0.25) is 0 Å². The summed E-state index contributed by atoms with van der Waals surface area (Å²) in [5, 5.41) is 0. The van der Waals surface area contributed by atoms with Crippen LogP contribution in [0.3, 0.4) is 0 Å². The Morgan fingerprint density at radius 3 is 2.81 bits per heavy atom. The van der Waals surface area contributed by atoms with Gasteiger partial charge in [0.1, 0.15) is 0 Å². The van der Waals surface area contributed by atoms with Gasteiger partial charge in [0.15, 0.2) is 11.6 Å². The van der Waals surface area contributed by atoms with Gasteiger partial charge in [-0.05, 0) is 24.6 Å². The van der Waals surface area contributed by atoms with E-state index in [1.54, 1.807) is 12.1 Å². The molecule has 0 radical (unpaired) electrons. The minimum absolute atomic E-state index is 0.143. The van der Waals surface area contributed by atoms with Gasteiger partial charge in [0.05, 0.1) is 13.2 Å². The van der Waals surface area contributed by atoms with Gasteiger partial charge in [0, 0.05) is 5.56 Å². The zero-order valence-electron chi connectivity index (χ0n) is 9.59. The second-order valence-electron chi connectivity index (χ2n) is 3.51. The maximum atomic E-state index is 13.3. The van der Waals surface area contributed by atoms with E-state index in [1.807, 2.05) is 0 Å². The van der Waals surface area contributed by atoms with Crippen molar-refractivity contribution in [1.29, 1.82) is 0 Å². The van der Waals surface area contributed by atoms with E-state index >= 15 is 0 Å². The van der Waals surface area contributed by atoms with Crippen LogP contribution in [0, 0.1) is 17.7 Å². The molecule has 1 aromatic carbocycles. The summed E-state index contributed by atoms with van der Waals surface area (Å²) in [6.45, 7) is 2.05. The largest absolute Gasteiger partial charge is 0.494 e. The fraction of sp³-hybridized carbons (Fsp3) is 0.385. The zero-order valence-corrected chi connectivity index (χ0v) is 9.59. The van der Waals surface area contributed by atoms with Crippen LogP contribution in [0.2, 0.25) is 0 Å². The lowest BCUT2D eigenvalue weighted by atomic mass is 10.1. The summed E-state index contributed by atoms with van der Waals surface area (Å²) in [6, 6.07) is 4.48. The number of rotatable bonds is 3. The maximum absolute atomic E-state index is 13.3.